The fourth-order valence-corrected chi connectivity index (χ4v) is 4.35. The van der Waals surface area contributed by atoms with Crippen LogP contribution in [0.15, 0.2) is 84.0 Å². The Balaban J connectivity index is 1.42. The summed E-state index contributed by atoms with van der Waals surface area (Å²) in [7, 11) is 1.61. The van der Waals surface area contributed by atoms with Crippen molar-refractivity contribution in [1.29, 1.82) is 0 Å². The molecular formula is C26H28N6O2S. The minimum Gasteiger partial charge on any atom is -0.497 e. The summed E-state index contributed by atoms with van der Waals surface area (Å²) in [6, 6.07) is 25.2. The molecule has 0 saturated heterocycles. The summed E-state index contributed by atoms with van der Waals surface area (Å²) in [6.07, 6.45) is 0. The number of para-hydroxylation sites is 1. The van der Waals surface area contributed by atoms with Crippen LogP contribution >= 0.6 is 11.8 Å². The van der Waals surface area contributed by atoms with Gasteiger partial charge in [-0.25, -0.2) is 4.68 Å². The largest absolute Gasteiger partial charge is 0.497 e. The maximum atomic E-state index is 13.2. The van der Waals surface area contributed by atoms with Gasteiger partial charge in [-0.15, -0.1) is 10.2 Å². The molecule has 0 radical (unpaired) electrons. The number of ether oxygens (including phenoxy) is 1. The molecule has 1 heterocycles. The number of hydrogen-bond donors (Lipinski definition) is 2. The number of nitrogens with two attached hydrogens (primary N) is 1. The van der Waals surface area contributed by atoms with Gasteiger partial charge in [0.15, 0.2) is 5.82 Å². The molecule has 1 aromatic heterocycles. The molecule has 0 fully saturated rings. The highest BCUT2D eigenvalue weighted by atomic mass is 32.2. The van der Waals surface area contributed by atoms with Crippen LogP contribution in [0.4, 0.5) is 17.1 Å². The Morgan fingerprint density at radius 3 is 2.29 bits per heavy atom. The Kier molecular flexibility index (Phi) is 7.57. The van der Waals surface area contributed by atoms with E-state index in [0.29, 0.717) is 11.0 Å². The van der Waals surface area contributed by atoms with Gasteiger partial charge in [-0.3, -0.25) is 4.79 Å². The first-order chi connectivity index (χ1) is 17.0. The minimum atomic E-state index is -0.0391. The maximum Gasteiger partial charge on any atom is 0.237 e. The SMILES string of the molecule is COc1ccc(-c2nnc(SCC(=O)N(c3ccc(Nc4ccccc4)cc3)C(C)C)n2N)cc1. The number of carbonyl (C=O) groups excluding carboxylic acids is 1. The third kappa shape index (κ3) is 5.75. The Hall–Kier alpha value is -3.98. The smallest absolute Gasteiger partial charge is 0.237 e. The fraction of sp³-hybridized carbons (Fsp3) is 0.192. The lowest BCUT2D eigenvalue weighted by Crippen LogP contribution is -2.38. The molecule has 8 nitrogen and oxygen atoms in total. The van der Waals surface area contributed by atoms with Gasteiger partial charge in [-0.1, -0.05) is 30.0 Å². The highest BCUT2D eigenvalue weighted by Crippen LogP contribution is 2.26. The lowest BCUT2D eigenvalue weighted by atomic mass is 10.2. The number of rotatable bonds is 9. The van der Waals surface area contributed by atoms with Crippen LogP contribution in [0.3, 0.4) is 0 Å². The van der Waals surface area contributed by atoms with Crippen LogP contribution in [-0.2, 0) is 4.79 Å². The van der Waals surface area contributed by atoms with E-state index in [1.165, 1.54) is 16.4 Å². The molecule has 0 aliphatic carbocycles. The number of nitrogen functional groups attached to an aromatic ring is 1. The highest BCUT2D eigenvalue weighted by molar-refractivity contribution is 7.99. The fourth-order valence-electron chi connectivity index (χ4n) is 3.63. The van der Waals surface area contributed by atoms with Crippen molar-refractivity contribution in [3.63, 3.8) is 0 Å². The molecule has 35 heavy (non-hydrogen) atoms. The summed E-state index contributed by atoms with van der Waals surface area (Å²) in [5, 5.41) is 12.2. The zero-order valence-corrected chi connectivity index (χ0v) is 20.7. The summed E-state index contributed by atoms with van der Waals surface area (Å²) in [5.41, 5.74) is 3.60. The first kappa shape index (κ1) is 24.2. The van der Waals surface area contributed by atoms with E-state index in [4.69, 9.17) is 10.6 Å². The molecule has 0 bridgehead atoms. The van der Waals surface area contributed by atoms with Gasteiger partial charge in [0.25, 0.3) is 0 Å². The number of amides is 1. The zero-order valence-electron chi connectivity index (χ0n) is 19.9. The lowest BCUT2D eigenvalue weighted by Gasteiger charge is -2.27. The van der Waals surface area contributed by atoms with Gasteiger partial charge in [0.05, 0.1) is 12.9 Å². The molecule has 0 atom stereocenters. The van der Waals surface area contributed by atoms with Crippen LogP contribution in [0, 0.1) is 0 Å². The van der Waals surface area contributed by atoms with Gasteiger partial charge in [0, 0.05) is 28.7 Å². The Morgan fingerprint density at radius 1 is 1.00 bits per heavy atom. The average molecular weight is 489 g/mol. The second-order valence-electron chi connectivity index (χ2n) is 8.09. The molecule has 0 saturated carbocycles. The number of anilines is 3. The number of hydrogen-bond acceptors (Lipinski definition) is 7. The molecular weight excluding hydrogens is 460 g/mol. The van der Waals surface area contributed by atoms with Crippen molar-refractivity contribution in [2.75, 3.05) is 28.9 Å². The van der Waals surface area contributed by atoms with Crippen molar-refractivity contribution in [2.45, 2.75) is 25.0 Å². The van der Waals surface area contributed by atoms with Gasteiger partial charge >= 0.3 is 0 Å². The normalized spacial score (nSPS) is 10.9. The molecule has 180 valence electrons. The highest BCUT2D eigenvalue weighted by Gasteiger charge is 2.21. The van der Waals surface area contributed by atoms with Gasteiger partial charge in [0.2, 0.25) is 11.1 Å². The summed E-state index contributed by atoms with van der Waals surface area (Å²) in [4.78, 5) is 14.9. The third-order valence-electron chi connectivity index (χ3n) is 5.33. The topological polar surface area (TPSA) is 98.3 Å². The van der Waals surface area contributed by atoms with Crippen LogP contribution in [0.1, 0.15) is 13.8 Å². The zero-order chi connectivity index (χ0) is 24.8. The summed E-state index contributed by atoms with van der Waals surface area (Å²) in [5.74, 6) is 7.63. The number of methoxy groups -OCH3 is 1. The predicted molar refractivity (Wildman–Crippen MR) is 142 cm³/mol. The van der Waals surface area contributed by atoms with Crippen molar-refractivity contribution in [3.05, 3.63) is 78.9 Å². The minimum absolute atomic E-state index is 0.0124. The Labute approximate surface area is 209 Å². The molecule has 1 amide bonds. The van der Waals surface area contributed by atoms with Gasteiger partial charge in [-0.05, 0) is 74.5 Å². The molecule has 4 rings (SSSR count). The lowest BCUT2D eigenvalue weighted by molar-refractivity contribution is -0.116. The number of benzene rings is 3. The summed E-state index contributed by atoms with van der Waals surface area (Å²) in [6.45, 7) is 3.98. The molecule has 0 unspecified atom stereocenters. The van der Waals surface area contributed by atoms with Crippen LogP contribution in [0.2, 0.25) is 0 Å². The van der Waals surface area contributed by atoms with E-state index in [1.807, 2.05) is 92.7 Å². The summed E-state index contributed by atoms with van der Waals surface area (Å²) < 4.78 is 6.60. The second kappa shape index (κ2) is 11.0. The van der Waals surface area contributed by atoms with Gasteiger partial charge in [-0.2, -0.15) is 0 Å². The van der Waals surface area contributed by atoms with E-state index >= 15 is 0 Å². The van der Waals surface area contributed by atoms with E-state index in [-0.39, 0.29) is 17.7 Å². The van der Waals surface area contributed by atoms with Crippen molar-refractivity contribution in [1.82, 2.24) is 14.9 Å². The van der Waals surface area contributed by atoms with Crippen LogP contribution < -0.4 is 20.8 Å². The van der Waals surface area contributed by atoms with Crippen LogP contribution in [0.25, 0.3) is 11.4 Å². The van der Waals surface area contributed by atoms with Gasteiger partial charge in [0.1, 0.15) is 5.75 Å². The molecule has 0 aliphatic heterocycles. The second-order valence-corrected chi connectivity index (χ2v) is 9.03. The Morgan fingerprint density at radius 2 is 1.66 bits per heavy atom. The summed E-state index contributed by atoms with van der Waals surface area (Å²) >= 11 is 1.26. The standard InChI is InChI=1S/C26H28N6O2S/c1-18(2)31(22-13-11-21(12-14-22)28-20-7-5-4-6-8-20)24(33)17-35-26-30-29-25(32(26)27)19-9-15-23(34-3)16-10-19/h4-16,18,28H,17,27H2,1-3H3. The molecule has 3 aromatic carbocycles. The van der Waals surface area contributed by atoms with Crippen molar-refractivity contribution < 1.29 is 9.53 Å². The van der Waals surface area contributed by atoms with Gasteiger partial charge < -0.3 is 20.8 Å². The van der Waals surface area contributed by atoms with E-state index in [0.717, 1.165) is 28.4 Å². The number of thioether (sulfide) groups is 1. The number of nitrogens with zero attached hydrogens (tertiary/aromatic N) is 4. The number of aromatic nitrogens is 3. The molecule has 9 heteroatoms. The molecule has 4 aromatic rings. The Bertz CT molecular complexity index is 1260. The van der Waals surface area contributed by atoms with E-state index in [1.54, 1.807) is 12.0 Å². The van der Waals surface area contributed by atoms with E-state index in [9.17, 15) is 4.79 Å². The van der Waals surface area contributed by atoms with E-state index in [2.05, 4.69) is 15.5 Å². The monoisotopic (exact) mass is 488 g/mol. The van der Waals surface area contributed by atoms with Crippen molar-refractivity contribution in [2.24, 2.45) is 0 Å². The van der Waals surface area contributed by atoms with Crippen molar-refractivity contribution in [3.8, 4) is 17.1 Å². The van der Waals surface area contributed by atoms with Crippen LogP contribution in [0.5, 0.6) is 5.75 Å². The van der Waals surface area contributed by atoms with Crippen molar-refractivity contribution >= 4 is 34.7 Å². The van der Waals surface area contributed by atoms with Crippen LogP contribution in [-0.4, -0.2) is 39.7 Å². The van der Waals surface area contributed by atoms with E-state index < -0.39 is 0 Å². The maximum absolute atomic E-state index is 13.2. The number of nitrogens with one attached hydrogen (secondary N) is 1. The molecule has 3 N–H and O–H groups in total. The molecule has 0 spiro atoms. The third-order valence-corrected chi connectivity index (χ3v) is 6.26. The predicted octanol–water partition coefficient (Wildman–Crippen LogP) is 4.94. The average Bonchev–Trinajstić information content (AvgIpc) is 3.24. The first-order valence-corrected chi connectivity index (χ1v) is 12.2. The number of carbonyl (C=O) groups is 1. The first-order valence-electron chi connectivity index (χ1n) is 11.2. The molecule has 0 aliphatic rings. The quantitative estimate of drug-likeness (QED) is 0.254.